The Labute approximate surface area is 172 Å². The highest BCUT2D eigenvalue weighted by Gasteiger charge is 2.27. The van der Waals surface area contributed by atoms with Gasteiger partial charge in [-0.05, 0) is 52.7 Å². The number of unbranched alkanes of at least 4 members (excludes halogenated alkanes) is 1. The summed E-state index contributed by atoms with van der Waals surface area (Å²) in [6.07, 6.45) is 1.33. The Morgan fingerprint density at radius 2 is 1.79 bits per heavy atom. The second-order valence-electron chi connectivity index (χ2n) is 7.60. The summed E-state index contributed by atoms with van der Waals surface area (Å²) in [4.78, 5) is 20.6. The van der Waals surface area contributed by atoms with Crippen molar-refractivity contribution in [2.45, 2.75) is 51.7 Å². The molecule has 9 heteroatoms. The molecule has 0 atom stereocenters. The number of hydrogen-bond donors (Lipinski definition) is 2. The fraction of sp³-hybridized carbons (Fsp3) is 0.450. The van der Waals surface area contributed by atoms with Crippen LogP contribution in [0.25, 0.3) is 0 Å². The van der Waals surface area contributed by atoms with Crippen LogP contribution >= 0.6 is 0 Å². The summed E-state index contributed by atoms with van der Waals surface area (Å²) < 4.78 is 31.3. The molecule has 0 aliphatic carbocycles. The first kappa shape index (κ1) is 22.8. The van der Waals surface area contributed by atoms with Crippen molar-refractivity contribution < 1.29 is 17.9 Å². The maximum Gasteiger partial charge on any atom is 0.232 e. The third-order valence-corrected chi connectivity index (χ3v) is 6.17. The lowest BCUT2D eigenvalue weighted by atomic mass is 10.2. The van der Waals surface area contributed by atoms with Gasteiger partial charge < -0.3 is 4.74 Å². The van der Waals surface area contributed by atoms with E-state index in [1.165, 1.54) is 0 Å². The minimum Gasteiger partial charge on any atom is -0.439 e. The van der Waals surface area contributed by atoms with E-state index in [1.807, 2.05) is 30.3 Å². The Balaban J connectivity index is 1.82. The van der Waals surface area contributed by atoms with Crippen molar-refractivity contribution in [1.82, 2.24) is 14.7 Å². The molecule has 1 aromatic carbocycles. The number of nitrogens with zero attached hydrogens (tertiary/aromatic N) is 2. The minimum absolute atomic E-state index is 0.175. The first-order valence-electron chi connectivity index (χ1n) is 9.44. The molecule has 0 fully saturated rings. The van der Waals surface area contributed by atoms with E-state index in [9.17, 15) is 13.2 Å². The van der Waals surface area contributed by atoms with Gasteiger partial charge in [0.25, 0.3) is 0 Å². The summed E-state index contributed by atoms with van der Waals surface area (Å²) >= 11 is 0. The monoisotopic (exact) mass is 420 g/mol. The minimum atomic E-state index is -3.37. The van der Waals surface area contributed by atoms with Gasteiger partial charge in [0.05, 0.1) is 4.75 Å². The molecule has 2 aromatic rings. The Bertz CT molecular complexity index is 925. The number of carbonyl (C=O) groups excluding carboxylic acids is 1. The maximum atomic E-state index is 12.1. The van der Waals surface area contributed by atoms with Crippen molar-refractivity contribution in [3.63, 3.8) is 0 Å². The van der Waals surface area contributed by atoms with Crippen LogP contribution in [-0.4, -0.2) is 35.6 Å². The van der Waals surface area contributed by atoms with Crippen LogP contribution in [0.1, 0.15) is 45.7 Å². The van der Waals surface area contributed by atoms with Crippen LogP contribution in [0.4, 0.5) is 5.95 Å². The summed E-state index contributed by atoms with van der Waals surface area (Å²) in [5, 5.41) is 2.66. The van der Waals surface area contributed by atoms with E-state index in [0.717, 1.165) is 0 Å². The molecule has 0 aliphatic heterocycles. The zero-order valence-electron chi connectivity index (χ0n) is 17.2. The highest BCUT2D eigenvalue weighted by molar-refractivity contribution is 7.90. The largest absolute Gasteiger partial charge is 0.439 e. The van der Waals surface area contributed by atoms with Gasteiger partial charge in [0.15, 0.2) is 0 Å². The number of sulfonamides is 1. The fourth-order valence-corrected chi connectivity index (χ4v) is 3.12. The Morgan fingerprint density at radius 1 is 1.10 bits per heavy atom. The molecule has 0 saturated heterocycles. The fourth-order valence-electron chi connectivity index (χ4n) is 2.28. The molecular formula is C20H28N4O4S. The maximum absolute atomic E-state index is 12.1. The van der Waals surface area contributed by atoms with Gasteiger partial charge in [0, 0.05) is 24.7 Å². The molecule has 1 aromatic heterocycles. The van der Waals surface area contributed by atoms with Gasteiger partial charge in [-0.3, -0.25) is 10.1 Å². The van der Waals surface area contributed by atoms with Crippen molar-refractivity contribution >= 4 is 21.9 Å². The molecular weight excluding hydrogens is 392 g/mol. The van der Waals surface area contributed by atoms with Gasteiger partial charge in [-0.2, -0.15) is 4.98 Å². The van der Waals surface area contributed by atoms with Crippen molar-refractivity contribution in [1.29, 1.82) is 0 Å². The van der Waals surface area contributed by atoms with Gasteiger partial charge in [-0.25, -0.2) is 18.1 Å². The van der Waals surface area contributed by atoms with E-state index < -0.39 is 14.8 Å². The number of amides is 1. The normalized spacial score (nSPS) is 11.9. The van der Waals surface area contributed by atoms with E-state index in [4.69, 9.17) is 4.74 Å². The predicted octanol–water partition coefficient (Wildman–Crippen LogP) is 3.40. The van der Waals surface area contributed by atoms with Gasteiger partial charge in [0.2, 0.25) is 27.8 Å². The topological polar surface area (TPSA) is 110 Å². The highest BCUT2D eigenvalue weighted by Crippen LogP contribution is 2.20. The number of rotatable bonds is 9. The first-order chi connectivity index (χ1) is 13.6. The quantitative estimate of drug-likeness (QED) is 0.602. The summed E-state index contributed by atoms with van der Waals surface area (Å²) in [7, 11) is -3.37. The molecule has 2 N–H and O–H groups in total. The average molecular weight is 421 g/mol. The molecule has 1 heterocycles. The smallest absolute Gasteiger partial charge is 0.232 e. The zero-order chi connectivity index (χ0) is 21.5. The first-order valence-corrected chi connectivity index (χ1v) is 10.9. The Morgan fingerprint density at radius 3 is 2.45 bits per heavy atom. The second kappa shape index (κ2) is 9.80. The molecule has 0 bridgehead atoms. The van der Waals surface area contributed by atoms with Gasteiger partial charge in [-0.1, -0.05) is 18.2 Å². The SMILES string of the molecule is Cc1cc(Oc2ccccc2)nc(NC(=O)CCCCNS(=O)(=O)C(C)(C)C)n1. The standard InChI is InChI=1S/C20H28N4O4S/c1-15-14-18(28-16-10-6-5-7-11-16)24-19(22-15)23-17(25)12-8-9-13-21-29(26,27)20(2,3)4/h5-7,10-11,14,21H,8-9,12-13H2,1-4H3,(H,22,23,24,25). The lowest BCUT2D eigenvalue weighted by molar-refractivity contribution is -0.116. The third-order valence-electron chi connectivity index (χ3n) is 3.98. The summed E-state index contributed by atoms with van der Waals surface area (Å²) in [6, 6.07) is 10.9. The molecule has 158 valence electrons. The molecule has 0 aliphatic rings. The van der Waals surface area contributed by atoms with Gasteiger partial charge in [-0.15, -0.1) is 0 Å². The van der Waals surface area contributed by atoms with E-state index in [-0.39, 0.29) is 18.3 Å². The number of hydrogen-bond acceptors (Lipinski definition) is 6. The Hall–Kier alpha value is -2.52. The number of para-hydroxylation sites is 1. The number of ether oxygens (including phenoxy) is 1. The molecule has 1 amide bonds. The molecule has 2 rings (SSSR count). The molecule has 0 spiro atoms. The van der Waals surface area contributed by atoms with Crippen LogP contribution in [0.5, 0.6) is 11.6 Å². The van der Waals surface area contributed by atoms with E-state index in [1.54, 1.807) is 33.8 Å². The number of carbonyl (C=O) groups is 1. The number of aromatic nitrogens is 2. The highest BCUT2D eigenvalue weighted by atomic mass is 32.2. The van der Waals surface area contributed by atoms with Crippen LogP contribution in [0, 0.1) is 6.92 Å². The van der Waals surface area contributed by atoms with Crippen LogP contribution in [0.2, 0.25) is 0 Å². The van der Waals surface area contributed by atoms with Crippen LogP contribution in [0.3, 0.4) is 0 Å². The van der Waals surface area contributed by atoms with Crippen molar-refractivity contribution in [2.75, 3.05) is 11.9 Å². The van der Waals surface area contributed by atoms with E-state index >= 15 is 0 Å². The van der Waals surface area contributed by atoms with Gasteiger partial charge in [0.1, 0.15) is 5.75 Å². The van der Waals surface area contributed by atoms with Crippen molar-refractivity contribution in [3.05, 3.63) is 42.1 Å². The van der Waals surface area contributed by atoms with Crippen LogP contribution in [0.15, 0.2) is 36.4 Å². The van der Waals surface area contributed by atoms with E-state index in [0.29, 0.717) is 36.7 Å². The molecule has 0 unspecified atom stereocenters. The average Bonchev–Trinajstić information content (AvgIpc) is 2.60. The van der Waals surface area contributed by atoms with Gasteiger partial charge >= 0.3 is 0 Å². The zero-order valence-corrected chi connectivity index (χ0v) is 18.0. The lowest BCUT2D eigenvalue weighted by Crippen LogP contribution is -2.39. The number of aryl methyl sites for hydroxylation is 1. The third kappa shape index (κ3) is 7.43. The predicted molar refractivity (Wildman–Crippen MR) is 112 cm³/mol. The second-order valence-corrected chi connectivity index (χ2v) is 10.1. The molecule has 0 radical (unpaired) electrons. The lowest BCUT2D eigenvalue weighted by Gasteiger charge is -2.19. The number of anilines is 1. The molecule has 8 nitrogen and oxygen atoms in total. The van der Waals surface area contributed by atoms with Crippen LogP contribution < -0.4 is 14.8 Å². The molecule has 29 heavy (non-hydrogen) atoms. The molecule has 0 saturated carbocycles. The van der Waals surface area contributed by atoms with Crippen molar-refractivity contribution in [2.24, 2.45) is 0 Å². The van der Waals surface area contributed by atoms with Crippen molar-refractivity contribution in [3.8, 4) is 11.6 Å². The van der Waals surface area contributed by atoms with Crippen LogP contribution in [-0.2, 0) is 14.8 Å². The summed E-state index contributed by atoms with van der Waals surface area (Å²) in [5.41, 5.74) is 0.665. The summed E-state index contributed by atoms with van der Waals surface area (Å²) in [6.45, 7) is 7.00. The van der Waals surface area contributed by atoms with E-state index in [2.05, 4.69) is 20.0 Å². The Kier molecular flexibility index (Phi) is 7.69. The number of nitrogens with one attached hydrogen (secondary N) is 2. The number of benzene rings is 1. The summed E-state index contributed by atoms with van der Waals surface area (Å²) in [5.74, 6) is 0.922.